The smallest absolute Gasteiger partial charge is 0.413 e. The average Bonchev–Trinajstić information content (AvgIpc) is 2.78. The maximum absolute atomic E-state index is 13.4. The van der Waals surface area contributed by atoms with Gasteiger partial charge in [0.2, 0.25) is 5.92 Å². The van der Waals surface area contributed by atoms with Crippen LogP contribution in [0.15, 0.2) is 0 Å². The van der Waals surface area contributed by atoms with Gasteiger partial charge in [-0.05, 0) is 18.3 Å². The Kier molecular flexibility index (Phi) is 4.00. The Morgan fingerprint density at radius 2 is 1.96 bits per heavy atom. The molecule has 0 bridgehead atoms. The Morgan fingerprint density at radius 1 is 1.31 bits per heavy atom. The van der Waals surface area contributed by atoms with Gasteiger partial charge in [-0.25, -0.2) is 18.0 Å². The standard InChI is InChI=1S/C18H24F3N3O2/c1-17(4-3-5-17)13-14(10-8-18(20,21)9-10)23-24(2)15(13)22-16(25)26-12-6-11(19)7-12/h10-12H,3-9H2,1-2H3,(H,22,25)/t11-,12+. The molecule has 26 heavy (non-hydrogen) atoms. The summed E-state index contributed by atoms with van der Waals surface area (Å²) in [5, 5.41) is 7.22. The van der Waals surface area contributed by atoms with Gasteiger partial charge in [-0.1, -0.05) is 13.3 Å². The SMILES string of the molecule is Cn1nc(C2CC(F)(F)C2)c(C2(C)CCC2)c1NC(=O)O[C@H]1C[C@@H](F)C1. The molecular formula is C18H24F3N3O2. The largest absolute Gasteiger partial charge is 0.446 e. The molecule has 0 unspecified atom stereocenters. The second kappa shape index (κ2) is 5.89. The van der Waals surface area contributed by atoms with Gasteiger partial charge < -0.3 is 4.74 Å². The van der Waals surface area contributed by atoms with Crippen molar-refractivity contribution in [1.29, 1.82) is 0 Å². The molecule has 0 saturated heterocycles. The topological polar surface area (TPSA) is 56.2 Å². The number of nitrogens with one attached hydrogen (secondary N) is 1. The summed E-state index contributed by atoms with van der Waals surface area (Å²) in [6, 6.07) is 0. The number of amides is 1. The number of carbonyl (C=O) groups excluding carboxylic acids is 1. The zero-order valence-corrected chi connectivity index (χ0v) is 15.0. The zero-order valence-electron chi connectivity index (χ0n) is 15.0. The summed E-state index contributed by atoms with van der Waals surface area (Å²) in [7, 11) is 1.70. The summed E-state index contributed by atoms with van der Waals surface area (Å²) >= 11 is 0. The van der Waals surface area contributed by atoms with E-state index in [4.69, 9.17) is 4.74 Å². The van der Waals surface area contributed by atoms with Crippen molar-refractivity contribution in [1.82, 2.24) is 9.78 Å². The van der Waals surface area contributed by atoms with Gasteiger partial charge in [0.05, 0.1) is 5.69 Å². The van der Waals surface area contributed by atoms with E-state index in [2.05, 4.69) is 17.3 Å². The number of anilines is 1. The molecular weight excluding hydrogens is 347 g/mol. The van der Waals surface area contributed by atoms with Crippen molar-refractivity contribution >= 4 is 11.9 Å². The van der Waals surface area contributed by atoms with Crippen molar-refractivity contribution in [3.05, 3.63) is 11.3 Å². The lowest BCUT2D eigenvalue weighted by Gasteiger charge is -2.42. The quantitative estimate of drug-likeness (QED) is 0.852. The molecule has 1 aromatic heterocycles. The predicted octanol–water partition coefficient (Wildman–Crippen LogP) is 4.42. The predicted molar refractivity (Wildman–Crippen MR) is 89.4 cm³/mol. The van der Waals surface area contributed by atoms with Crippen LogP contribution in [0.4, 0.5) is 23.8 Å². The minimum absolute atomic E-state index is 0.169. The third-order valence-corrected chi connectivity index (χ3v) is 6.14. The van der Waals surface area contributed by atoms with Crippen LogP contribution in [0.1, 0.15) is 69.0 Å². The van der Waals surface area contributed by atoms with E-state index >= 15 is 0 Å². The first kappa shape index (κ1) is 17.7. The summed E-state index contributed by atoms with van der Waals surface area (Å²) in [6.07, 6.45) is 1.06. The number of nitrogens with zero attached hydrogens (tertiary/aromatic N) is 2. The van der Waals surface area contributed by atoms with E-state index in [1.54, 1.807) is 11.7 Å². The monoisotopic (exact) mass is 371 g/mol. The van der Waals surface area contributed by atoms with Crippen LogP contribution in [0.5, 0.6) is 0 Å². The maximum atomic E-state index is 13.4. The molecule has 5 nitrogen and oxygen atoms in total. The number of carbonyl (C=O) groups is 1. The normalized spacial score (nSPS) is 29.3. The lowest BCUT2D eigenvalue weighted by atomic mass is 9.63. The molecule has 4 rings (SSSR count). The summed E-state index contributed by atoms with van der Waals surface area (Å²) in [5.74, 6) is -2.40. The molecule has 3 saturated carbocycles. The van der Waals surface area contributed by atoms with Crippen LogP contribution in [0, 0.1) is 0 Å². The fourth-order valence-electron chi connectivity index (χ4n) is 4.26. The average molecular weight is 371 g/mol. The van der Waals surface area contributed by atoms with E-state index in [0.29, 0.717) is 11.5 Å². The second-order valence-corrected chi connectivity index (χ2v) is 8.33. The minimum atomic E-state index is -2.63. The van der Waals surface area contributed by atoms with Crippen LogP contribution in [0.25, 0.3) is 0 Å². The molecule has 144 valence electrons. The van der Waals surface area contributed by atoms with Gasteiger partial charge in [-0.15, -0.1) is 0 Å². The van der Waals surface area contributed by atoms with Gasteiger partial charge in [0, 0.05) is 44.2 Å². The highest BCUT2D eigenvalue weighted by atomic mass is 19.3. The first-order chi connectivity index (χ1) is 12.2. The van der Waals surface area contributed by atoms with Crippen molar-refractivity contribution in [3.8, 4) is 0 Å². The molecule has 1 N–H and O–H groups in total. The lowest BCUT2D eigenvalue weighted by molar-refractivity contribution is -0.0880. The Labute approximate surface area is 150 Å². The van der Waals surface area contributed by atoms with Gasteiger partial charge in [0.1, 0.15) is 18.1 Å². The molecule has 1 heterocycles. The molecule has 0 aromatic carbocycles. The first-order valence-corrected chi connectivity index (χ1v) is 9.24. The zero-order chi connectivity index (χ0) is 18.7. The maximum Gasteiger partial charge on any atom is 0.413 e. The Balaban J connectivity index is 1.57. The molecule has 0 aliphatic heterocycles. The third kappa shape index (κ3) is 2.97. The Hall–Kier alpha value is -1.73. The number of rotatable bonds is 4. The van der Waals surface area contributed by atoms with Crippen molar-refractivity contribution in [2.24, 2.45) is 7.05 Å². The highest BCUT2D eigenvalue weighted by Gasteiger charge is 2.50. The highest BCUT2D eigenvalue weighted by Crippen LogP contribution is 2.54. The molecule has 1 aromatic rings. The fourth-order valence-corrected chi connectivity index (χ4v) is 4.26. The van der Waals surface area contributed by atoms with Gasteiger partial charge in [0.15, 0.2) is 0 Å². The second-order valence-electron chi connectivity index (χ2n) is 8.33. The van der Waals surface area contributed by atoms with E-state index in [1.807, 2.05) is 0 Å². The van der Waals surface area contributed by atoms with E-state index in [0.717, 1.165) is 24.8 Å². The van der Waals surface area contributed by atoms with Gasteiger partial charge >= 0.3 is 6.09 Å². The molecule has 3 aliphatic carbocycles. The van der Waals surface area contributed by atoms with Gasteiger partial charge in [-0.2, -0.15) is 5.10 Å². The number of hydrogen-bond acceptors (Lipinski definition) is 3. The van der Waals surface area contributed by atoms with Crippen LogP contribution in [-0.4, -0.2) is 34.1 Å². The van der Waals surface area contributed by atoms with Crippen LogP contribution < -0.4 is 5.32 Å². The molecule has 8 heteroatoms. The van der Waals surface area contributed by atoms with Crippen molar-refractivity contribution < 1.29 is 22.7 Å². The van der Waals surface area contributed by atoms with Gasteiger partial charge in [0.25, 0.3) is 0 Å². The molecule has 0 spiro atoms. The number of aryl methyl sites for hydroxylation is 1. The fraction of sp³-hybridized carbons (Fsp3) is 0.778. The highest BCUT2D eigenvalue weighted by molar-refractivity contribution is 5.85. The van der Waals surface area contributed by atoms with E-state index in [-0.39, 0.29) is 37.0 Å². The Morgan fingerprint density at radius 3 is 2.46 bits per heavy atom. The Bertz CT molecular complexity index is 716. The van der Waals surface area contributed by atoms with Crippen molar-refractivity contribution in [2.75, 3.05) is 5.32 Å². The molecule has 3 aliphatic rings. The number of hydrogen-bond donors (Lipinski definition) is 1. The summed E-state index contributed by atoms with van der Waals surface area (Å²) in [5.41, 5.74) is 1.36. The van der Waals surface area contributed by atoms with E-state index < -0.39 is 24.3 Å². The van der Waals surface area contributed by atoms with Crippen LogP contribution in [0.2, 0.25) is 0 Å². The lowest BCUT2D eigenvalue weighted by Crippen LogP contribution is -2.38. The molecule has 0 radical (unpaired) electrons. The third-order valence-electron chi connectivity index (χ3n) is 6.14. The number of aromatic nitrogens is 2. The van der Waals surface area contributed by atoms with E-state index in [1.165, 1.54) is 0 Å². The minimum Gasteiger partial charge on any atom is -0.446 e. The summed E-state index contributed by atoms with van der Waals surface area (Å²) in [6.45, 7) is 2.09. The molecule has 3 fully saturated rings. The number of ether oxygens (including phenoxy) is 1. The van der Waals surface area contributed by atoms with Crippen LogP contribution in [-0.2, 0) is 17.2 Å². The number of alkyl halides is 3. The summed E-state index contributed by atoms with van der Waals surface area (Å²) in [4.78, 5) is 12.2. The molecule has 0 atom stereocenters. The number of halogens is 3. The van der Waals surface area contributed by atoms with Crippen molar-refractivity contribution in [3.63, 3.8) is 0 Å². The summed E-state index contributed by atoms with van der Waals surface area (Å²) < 4.78 is 46.4. The van der Waals surface area contributed by atoms with Crippen LogP contribution in [0.3, 0.4) is 0 Å². The first-order valence-electron chi connectivity index (χ1n) is 9.24. The van der Waals surface area contributed by atoms with Crippen molar-refractivity contribution in [2.45, 2.75) is 81.4 Å². The van der Waals surface area contributed by atoms with Crippen LogP contribution >= 0.6 is 0 Å². The molecule has 1 amide bonds. The van der Waals surface area contributed by atoms with Gasteiger partial charge in [-0.3, -0.25) is 10.00 Å². The van der Waals surface area contributed by atoms with E-state index in [9.17, 15) is 18.0 Å².